The zero-order valence-corrected chi connectivity index (χ0v) is 12.1. The van der Waals surface area contributed by atoms with E-state index in [1.54, 1.807) is 18.2 Å². The molecule has 1 aromatic heterocycles. The van der Waals surface area contributed by atoms with Gasteiger partial charge in [-0.05, 0) is 18.2 Å². The van der Waals surface area contributed by atoms with Gasteiger partial charge in [-0.2, -0.15) is 0 Å². The molecule has 0 spiro atoms. The molecule has 0 radical (unpaired) electrons. The fourth-order valence-corrected chi connectivity index (χ4v) is 2.56. The minimum absolute atomic E-state index is 0.0535. The number of carboxylic acids is 1. The first-order valence-corrected chi connectivity index (χ1v) is 6.99. The van der Waals surface area contributed by atoms with Crippen molar-refractivity contribution in [2.75, 3.05) is 11.9 Å². The molecule has 1 atom stereocenters. The number of benzene rings is 1. The lowest BCUT2D eigenvalue weighted by Gasteiger charge is -2.07. The molecule has 1 heterocycles. The Morgan fingerprint density at radius 1 is 1.50 bits per heavy atom. The van der Waals surface area contributed by atoms with Crippen LogP contribution in [-0.2, 0) is 4.79 Å². The van der Waals surface area contributed by atoms with E-state index in [9.17, 15) is 9.59 Å². The topological polar surface area (TPSA) is 91.3 Å². The molecule has 1 aromatic carbocycles. The van der Waals surface area contributed by atoms with Gasteiger partial charge in [-0.15, -0.1) is 0 Å². The number of hydrogen-bond donors (Lipinski definition) is 3. The molecule has 0 aliphatic rings. The average Bonchev–Trinajstić information content (AvgIpc) is 2.76. The Bertz CT molecular complexity index is 658. The summed E-state index contributed by atoms with van der Waals surface area (Å²) >= 11 is 7.17. The first-order valence-electron chi connectivity index (χ1n) is 5.79. The molecule has 8 heteroatoms. The number of halogens is 1. The van der Waals surface area contributed by atoms with Crippen molar-refractivity contribution in [1.29, 1.82) is 0 Å². The summed E-state index contributed by atoms with van der Waals surface area (Å²) in [7, 11) is 0. The van der Waals surface area contributed by atoms with Crippen molar-refractivity contribution in [3.8, 4) is 0 Å². The number of carboxylic acid groups (broad SMARTS) is 1. The summed E-state index contributed by atoms with van der Waals surface area (Å²) in [4.78, 5) is 26.5. The second kappa shape index (κ2) is 6.06. The lowest BCUT2D eigenvalue weighted by Crippen LogP contribution is -2.34. The minimum Gasteiger partial charge on any atom is -0.481 e. The first kappa shape index (κ1) is 14.5. The Labute approximate surface area is 123 Å². The maximum Gasteiger partial charge on any atom is 0.321 e. The third-order valence-electron chi connectivity index (χ3n) is 2.56. The predicted octanol–water partition coefficient (Wildman–Crippen LogP) is 2.79. The van der Waals surface area contributed by atoms with Gasteiger partial charge in [0.15, 0.2) is 5.13 Å². The van der Waals surface area contributed by atoms with Crippen LogP contribution >= 0.6 is 22.9 Å². The molecule has 2 rings (SSSR count). The van der Waals surface area contributed by atoms with E-state index in [-0.39, 0.29) is 6.54 Å². The van der Waals surface area contributed by atoms with Crippen LogP contribution < -0.4 is 10.6 Å². The summed E-state index contributed by atoms with van der Waals surface area (Å²) in [5, 5.41) is 14.8. The number of urea groups is 1. The van der Waals surface area contributed by atoms with E-state index in [0.717, 1.165) is 10.2 Å². The van der Waals surface area contributed by atoms with E-state index >= 15 is 0 Å². The number of amides is 2. The normalized spacial score (nSPS) is 12.1. The molecule has 1 unspecified atom stereocenters. The van der Waals surface area contributed by atoms with Crippen LogP contribution in [0.15, 0.2) is 18.2 Å². The summed E-state index contributed by atoms with van der Waals surface area (Å²) in [6.45, 7) is 1.57. The highest BCUT2D eigenvalue weighted by Crippen LogP contribution is 2.28. The smallest absolute Gasteiger partial charge is 0.321 e. The molecule has 20 heavy (non-hydrogen) atoms. The lowest BCUT2D eigenvalue weighted by atomic mass is 10.2. The number of hydrogen-bond acceptors (Lipinski definition) is 4. The summed E-state index contributed by atoms with van der Waals surface area (Å²) < 4.78 is 0.867. The van der Waals surface area contributed by atoms with E-state index in [2.05, 4.69) is 15.6 Å². The van der Waals surface area contributed by atoms with Crippen molar-refractivity contribution in [2.24, 2.45) is 5.92 Å². The molecule has 2 aromatic rings. The first-order chi connectivity index (χ1) is 9.45. The maximum atomic E-state index is 11.6. The van der Waals surface area contributed by atoms with Crippen molar-refractivity contribution in [1.82, 2.24) is 10.3 Å². The van der Waals surface area contributed by atoms with Crippen molar-refractivity contribution < 1.29 is 14.7 Å². The van der Waals surface area contributed by atoms with E-state index in [4.69, 9.17) is 16.7 Å². The monoisotopic (exact) mass is 313 g/mol. The minimum atomic E-state index is -0.958. The van der Waals surface area contributed by atoms with Gasteiger partial charge in [0.1, 0.15) is 0 Å². The van der Waals surface area contributed by atoms with E-state index in [0.29, 0.717) is 10.2 Å². The highest BCUT2D eigenvalue weighted by molar-refractivity contribution is 7.22. The van der Waals surface area contributed by atoms with Gasteiger partial charge in [-0.1, -0.05) is 29.9 Å². The van der Waals surface area contributed by atoms with Crippen LogP contribution in [0.3, 0.4) is 0 Å². The molecule has 0 aliphatic carbocycles. The van der Waals surface area contributed by atoms with Gasteiger partial charge in [0.2, 0.25) is 0 Å². The summed E-state index contributed by atoms with van der Waals surface area (Å²) in [5.74, 6) is -1.60. The van der Waals surface area contributed by atoms with Crippen molar-refractivity contribution in [2.45, 2.75) is 6.92 Å². The largest absolute Gasteiger partial charge is 0.481 e. The second-order valence-electron chi connectivity index (χ2n) is 4.21. The zero-order chi connectivity index (χ0) is 14.7. The van der Waals surface area contributed by atoms with Crippen molar-refractivity contribution >= 4 is 50.3 Å². The molecule has 3 N–H and O–H groups in total. The van der Waals surface area contributed by atoms with Gasteiger partial charge in [0.25, 0.3) is 0 Å². The number of thiazole rings is 1. The molecule has 0 aliphatic heterocycles. The van der Waals surface area contributed by atoms with E-state index in [1.807, 2.05) is 0 Å². The van der Waals surface area contributed by atoms with Crippen molar-refractivity contribution in [3.05, 3.63) is 23.2 Å². The van der Waals surface area contributed by atoms with Crippen LogP contribution in [0, 0.1) is 5.92 Å². The van der Waals surface area contributed by atoms with Gasteiger partial charge >= 0.3 is 12.0 Å². The van der Waals surface area contributed by atoms with Crippen molar-refractivity contribution in [3.63, 3.8) is 0 Å². The summed E-state index contributed by atoms with van der Waals surface area (Å²) in [6, 6.07) is 4.78. The highest BCUT2D eigenvalue weighted by atomic mass is 35.5. The van der Waals surface area contributed by atoms with E-state index < -0.39 is 17.9 Å². The Balaban J connectivity index is 1.97. The number of carbonyl (C=O) groups excluding carboxylic acids is 1. The van der Waals surface area contributed by atoms with Crippen LogP contribution in [-0.4, -0.2) is 28.6 Å². The number of aromatic nitrogens is 1. The second-order valence-corrected chi connectivity index (χ2v) is 5.67. The average molecular weight is 314 g/mol. The highest BCUT2D eigenvalue weighted by Gasteiger charge is 2.13. The fraction of sp³-hybridized carbons (Fsp3) is 0.250. The number of fused-ring (bicyclic) bond motifs is 1. The predicted molar refractivity (Wildman–Crippen MR) is 78.5 cm³/mol. The SMILES string of the molecule is CC(CNC(=O)Nc1nc2ccc(Cl)cc2s1)C(=O)O. The number of nitrogens with zero attached hydrogens (tertiary/aromatic N) is 1. The maximum absolute atomic E-state index is 11.6. The molecule has 0 saturated carbocycles. The summed E-state index contributed by atoms with van der Waals surface area (Å²) in [6.07, 6.45) is 0. The van der Waals surface area contributed by atoms with E-state index in [1.165, 1.54) is 18.3 Å². The standard InChI is InChI=1S/C12H12ClN3O3S/c1-6(10(17)18)5-14-11(19)16-12-15-8-3-2-7(13)4-9(8)20-12/h2-4,6H,5H2,1H3,(H,17,18)(H2,14,15,16,19). The molecule has 0 bridgehead atoms. The Morgan fingerprint density at radius 3 is 2.95 bits per heavy atom. The Hall–Kier alpha value is -1.86. The number of aliphatic carboxylic acids is 1. The van der Waals surface area contributed by atoms with Gasteiger partial charge in [-0.3, -0.25) is 10.1 Å². The molecule has 106 valence electrons. The third-order valence-corrected chi connectivity index (χ3v) is 3.73. The summed E-state index contributed by atoms with van der Waals surface area (Å²) in [5.41, 5.74) is 0.744. The van der Waals surface area contributed by atoms with Crippen LogP contribution in [0.1, 0.15) is 6.92 Å². The number of carbonyl (C=O) groups is 2. The van der Waals surface area contributed by atoms with Gasteiger partial charge in [0, 0.05) is 11.6 Å². The molecule has 6 nitrogen and oxygen atoms in total. The Morgan fingerprint density at radius 2 is 2.25 bits per heavy atom. The lowest BCUT2D eigenvalue weighted by molar-refractivity contribution is -0.140. The van der Waals surface area contributed by atoms with Crippen LogP contribution in [0.2, 0.25) is 5.02 Å². The zero-order valence-electron chi connectivity index (χ0n) is 10.5. The number of rotatable bonds is 4. The van der Waals surface area contributed by atoms with Crippen LogP contribution in [0.25, 0.3) is 10.2 Å². The molecular formula is C12H12ClN3O3S. The third kappa shape index (κ3) is 3.58. The number of nitrogens with one attached hydrogen (secondary N) is 2. The van der Waals surface area contributed by atoms with Crippen LogP contribution in [0.5, 0.6) is 0 Å². The fourth-order valence-electron chi connectivity index (χ4n) is 1.43. The molecule has 0 fully saturated rings. The molecular weight excluding hydrogens is 302 g/mol. The van der Waals surface area contributed by atoms with Gasteiger partial charge < -0.3 is 10.4 Å². The van der Waals surface area contributed by atoms with Gasteiger partial charge in [-0.25, -0.2) is 9.78 Å². The quantitative estimate of drug-likeness (QED) is 0.809. The molecule has 0 saturated heterocycles. The molecule has 2 amide bonds. The van der Waals surface area contributed by atoms with Gasteiger partial charge in [0.05, 0.1) is 16.1 Å². The Kier molecular flexibility index (Phi) is 4.41. The number of anilines is 1. The van der Waals surface area contributed by atoms with Crippen LogP contribution in [0.4, 0.5) is 9.93 Å².